The molecule has 7 heteroatoms. The van der Waals surface area contributed by atoms with Gasteiger partial charge in [0.2, 0.25) is 5.91 Å². The molecule has 0 spiro atoms. The predicted molar refractivity (Wildman–Crippen MR) is 87.4 cm³/mol. The number of aromatic nitrogens is 1. The zero-order valence-electron chi connectivity index (χ0n) is 13.0. The van der Waals surface area contributed by atoms with E-state index < -0.39 is 6.04 Å². The normalized spacial score (nSPS) is 17.5. The fraction of sp³-hybridized carbons (Fsp3) is 0.294. The molecular weight excluding hydrogens is 313 g/mol. The van der Waals surface area contributed by atoms with Crippen LogP contribution in [-0.2, 0) is 16.1 Å². The summed E-state index contributed by atoms with van der Waals surface area (Å²) in [5.41, 5.74) is 0.688. The van der Waals surface area contributed by atoms with Gasteiger partial charge in [-0.1, -0.05) is 12.1 Å². The standard InChI is InChI=1S/C17H18FN3O3/c18-13-5-3-12(4-6-13)10-21-8-1-2-14(17(21)23)20-16(22)15-11-24-9-7-19-15/h1-6,8,15,19H,7,9-11H2,(H,20,22). The Kier molecular flexibility index (Phi) is 5.02. The van der Waals surface area contributed by atoms with Crippen LogP contribution in [0.25, 0.3) is 0 Å². The van der Waals surface area contributed by atoms with Gasteiger partial charge in [-0.15, -0.1) is 0 Å². The summed E-state index contributed by atoms with van der Waals surface area (Å²) in [6.45, 7) is 1.75. The molecular formula is C17H18FN3O3. The first-order valence-corrected chi connectivity index (χ1v) is 7.69. The van der Waals surface area contributed by atoms with Crippen LogP contribution in [0.4, 0.5) is 10.1 Å². The number of rotatable bonds is 4. The lowest BCUT2D eigenvalue weighted by molar-refractivity contribution is -0.120. The van der Waals surface area contributed by atoms with Crippen molar-refractivity contribution >= 4 is 11.6 Å². The summed E-state index contributed by atoms with van der Waals surface area (Å²) in [5.74, 6) is -0.624. The molecule has 1 aromatic heterocycles. The van der Waals surface area contributed by atoms with Gasteiger partial charge in [0.05, 0.1) is 19.8 Å². The molecule has 1 unspecified atom stereocenters. The van der Waals surface area contributed by atoms with Crippen molar-refractivity contribution in [1.29, 1.82) is 0 Å². The van der Waals surface area contributed by atoms with Crippen molar-refractivity contribution in [2.45, 2.75) is 12.6 Å². The van der Waals surface area contributed by atoms with Crippen LogP contribution >= 0.6 is 0 Å². The summed E-state index contributed by atoms with van der Waals surface area (Å²) in [4.78, 5) is 24.7. The lowest BCUT2D eigenvalue weighted by Crippen LogP contribution is -2.49. The Bertz CT molecular complexity index is 767. The molecule has 6 nitrogen and oxygen atoms in total. The van der Waals surface area contributed by atoms with Crippen molar-refractivity contribution in [3.05, 3.63) is 64.3 Å². The molecule has 24 heavy (non-hydrogen) atoms. The van der Waals surface area contributed by atoms with E-state index in [1.807, 2.05) is 0 Å². The highest BCUT2D eigenvalue weighted by atomic mass is 19.1. The molecule has 2 aromatic rings. The number of halogens is 1. The quantitative estimate of drug-likeness (QED) is 0.875. The molecule has 1 aromatic carbocycles. The van der Waals surface area contributed by atoms with E-state index in [4.69, 9.17) is 4.74 Å². The van der Waals surface area contributed by atoms with Crippen LogP contribution in [0.2, 0.25) is 0 Å². The minimum atomic E-state index is -0.469. The van der Waals surface area contributed by atoms with Crippen LogP contribution in [0.1, 0.15) is 5.56 Å². The molecule has 2 heterocycles. The molecule has 3 rings (SSSR count). The van der Waals surface area contributed by atoms with Gasteiger partial charge in [0.25, 0.3) is 5.56 Å². The third kappa shape index (κ3) is 3.87. The molecule has 1 atom stereocenters. The molecule has 1 amide bonds. The Morgan fingerprint density at radius 1 is 1.33 bits per heavy atom. The Morgan fingerprint density at radius 2 is 2.12 bits per heavy atom. The molecule has 126 valence electrons. The average molecular weight is 331 g/mol. The van der Waals surface area contributed by atoms with Gasteiger partial charge in [0.15, 0.2) is 0 Å². The molecule has 0 saturated carbocycles. The number of nitrogens with zero attached hydrogens (tertiary/aromatic N) is 1. The Labute approximate surface area is 138 Å². The molecule has 1 fully saturated rings. The summed E-state index contributed by atoms with van der Waals surface area (Å²) in [5, 5.41) is 5.68. The fourth-order valence-corrected chi connectivity index (χ4v) is 2.50. The SMILES string of the molecule is O=C(Nc1cccn(Cc2ccc(F)cc2)c1=O)C1COCCN1. The van der Waals surface area contributed by atoms with E-state index in [-0.39, 0.29) is 29.6 Å². The first kappa shape index (κ1) is 16.4. The Morgan fingerprint density at radius 3 is 2.83 bits per heavy atom. The van der Waals surface area contributed by atoms with Gasteiger partial charge in [-0.25, -0.2) is 4.39 Å². The number of anilines is 1. The number of benzene rings is 1. The number of nitrogens with one attached hydrogen (secondary N) is 2. The van der Waals surface area contributed by atoms with Crippen LogP contribution < -0.4 is 16.2 Å². The van der Waals surface area contributed by atoms with E-state index >= 15 is 0 Å². The predicted octanol–water partition coefficient (Wildman–Crippen LogP) is 0.963. The van der Waals surface area contributed by atoms with Crippen molar-refractivity contribution in [3.63, 3.8) is 0 Å². The third-order valence-corrected chi connectivity index (χ3v) is 3.78. The summed E-state index contributed by atoms with van der Waals surface area (Å²) in [6.07, 6.45) is 1.63. The highest BCUT2D eigenvalue weighted by molar-refractivity contribution is 5.94. The average Bonchev–Trinajstić information content (AvgIpc) is 2.61. The van der Waals surface area contributed by atoms with Gasteiger partial charge in [-0.3, -0.25) is 9.59 Å². The van der Waals surface area contributed by atoms with Crippen LogP contribution in [0, 0.1) is 5.82 Å². The molecule has 0 bridgehead atoms. The number of carbonyl (C=O) groups excluding carboxylic acids is 1. The highest BCUT2D eigenvalue weighted by Crippen LogP contribution is 2.06. The summed E-state index contributed by atoms with van der Waals surface area (Å²) in [7, 11) is 0. The molecule has 1 aliphatic rings. The second-order valence-electron chi connectivity index (χ2n) is 5.55. The molecule has 1 saturated heterocycles. The number of carbonyl (C=O) groups is 1. The molecule has 1 aliphatic heterocycles. The summed E-state index contributed by atoms with van der Waals surface area (Å²) < 4.78 is 19.7. The minimum Gasteiger partial charge on any atom is -0.378 e. The van der Waals surface area contributed by atoms with Crippen molar-refractivity contribution in [2.75, 3.05) is 25.1 Å². The van der Waals surface area contributed by atoms with Crippen molar-refractivity contribution in [3.8, 4) is 0 Å². The van der Waals surface area contributed by atoms with Crippen molar-refractivity contribution < 1.29 is 13.9 Å². The molecule has 0 radical (unpaired) electrons. The smallest absolute Gasteiger partial charge is 0.274 e. The van der Waals surface area contributed by atoms with Crippen LogP contribution in [-0.4, -0.2) is 36.3 Å². The molecule has 0 aliphatic carbocycles. The van der Waals surface area contributed by atoms with E-state index in [0.717, 1.165) is 5.56 Å². The summed E-state index contributed by atoms with van der Waals surface area (Å²) in [6, 6.07) is 8.72. The number of pyridine rings is 1. The Hall–Kier alpha value is -2.51. The third-order valence-electron chi connectivity index (χ3n) is 3.78. The zero-order valence-corrected chi connectivity index (χ0v) is 13.0. The van der Waals surface area contributed by atoms with E-state index in [2.05, 4.69) is 10.6 Å². The second kappa shape index (κ2) is 7.37. The van der Waals surface area contributed by atoms with E-state index in [0.29, 0.717) is 19.7 Å². The summed E-state index contributed by atoms with van der Waals surface area (Å²) >= 11 is 0. The van der Waals surface area contributed by atoms with Crippen LogP contribution in [0.5, 0.6) is 0 Å². The van der Waals surface area contributed by atoms with E-state index in [1.54, 1.807) is 30.5 Å². The minimum absolute atomic E-state index is 0.206. The van der Waals surface area contributed by atoms with Gasteiger partial charge < -0.3 is 19.9 Å². The number of morpholine rings is 1. The highest BCUT2D eigenvalue weighted by Gasteiger charge is 2.22. The van der Waals surface area contributed by atoms with Crippen LogP contribution in [0.3, 0.4) is 0 Å². The maximum atomic E-state index is 13.0. The van der Waals surface area contributed by atoms with Crippen LogP contribution in [0.15, 0.2) is 47.4 Å². The van der Waals surface area contributed by atoms with E-state index in [9.17, 15) is 14.0 Å². The largest absolute Gasteiger partial charge is 0.378 e. The first-order valence-electron chi connectivity index (χ1n) is 7.69. The number of hydrogen-bond donors (Lipinski definition) is 2. The van der Waals surface area contributed by atoms with Crippen molar-refractivity contribution in [1.82, 2.24) is 9.88 Å². The lowest BCUT2D eigenvalue weighted by Gasteiger charge is -2.22. The van der Waals surface area contributed by atoms with Gasteiger partial charge in [0, 0.05) is 12.7 Å². The number of ether oxygens (including phenoxy) is 1. The lowest BCUT2D eigenvalue weighted by atomic mass is 10.2. The van der Waals surface area contributed by atoms with Gasteiger partial charge >= 0.3 is 0 Å². The molecule has 2 N–H and O–H groups in total. The maximum Gasteiger partial charge on any atom is 0.274 e. The van der Waals surface area contributed by atoms with Gasteiger partial charge in [0.1, 0.15) is 17.5 Å². The Balaban J connectivity index is 1.74. The van der Waals surface area contributed by atoms with Gasteiger partial charge in [-0.05, 0) is 29.8 Å². The fourth-order valence-electron chi connectivity index (χ4n) is 2.50. The number of amides is 1. The maximum absolute atomic E-state index is 13.0. The van der Waals surface area contributed by atoms with Crippen molar-refractivity contribution in [2.24, 2.45) is 0 Å². The van der Waals surface area contributed by atoms with Gasteiger partial charge in [-0.2, -0.15) is 0 Å². The monoisotopic (exact) mass is 331 g/mol. The number of hydrogen-bond acceptors (Lipinski definition) is 4. The zero-order chi connectivity index (χ0) is 16.9. The first-order chi connectivity index (χ1) is 11.6. The second-order valence-corrected chi connectivity index (χ2v) is 5.55. The topological polar surface area (TPSA) is 72.4 Å². The van der Waals surface area contributed by atoms with E-state index in [1.165, 1.54) is 16.7 Å².